The third kappa shape index (κ3) is 7.40. The van der Waals surface area contributed by atoms with E-state index < -0.39 is 11.7 Å². The number of anilines is 2. The number of Topliss-reactive ketones (excluding diaryl/α,β-unsaturated/α-hetero) is 1. The van der Waals surface area contributed by atoms with Gasteiger partial charge in [0, 0.05) is 29.7 Å². The van der Waals surface area contributed by atoms with Crippen LogP contribution in [-0.4, -0.2) is 31.3 Å². The van der Waals surface area contributed by atoms with Crippen molar-refractivity contribution >= 4 is 29.0 Å². The molecule has 0 bridgehead atoms. The van der Waals surface area contributed by atoms with Crippen LogP contribution in [0.1, 0.15) is 46.9 Å². The highest BCUT2D eigenvalue weighted by molar-refractivity contribution is 6.05. The fraction of sp³-hybridized carbons (Fsp3) is 0.222. The van der Waals surface area contributed by atoms with Gasteiger partial charge in [-0.2, -0.15) is 0 Å². The lowest BCUT2D eigenvalue weighted by molar-refractivity contribution is -0.116. The SMILES string of the molecule is CCCOc1ccc(C(=O)CCC(=O)Nc2ccc(OC)c(NC(=O)c3cccc(F)c3)c2)cc1. The number of carbonyl (C=O) groups is 3. The number of methoxy groups -OCH3 is 1. The number of hydrogen-bond acceptors (Lipinski definition) is 5. The Labute approximate surface area is 203 Å². The topological polar surface area (TPSA) is 93.7 Å². The number of amides is 2. The second-order valence-electron chi connectivity index (χ2n) is 7.72. The van der Waals surface area contributed by atoms with E-state index in [1.807, 2.05) is 6.92 Å². The van der Waals surface area contributed by atoms with Crippen LogP contribution in [0.3, 0.4) is 0 Å². The van der Waals surface area contributed by atoms with Gasteiger partial charge < -0.3 is 20.1 Å². The van der Waals surface area contributed by atoms with Crippen molar-refractivity contribution in [2.75, 3.05) is 24.4 Å². The van der Waals surface area contributed by atoms with E-state index in [-0.39, 0.29) is 30.1 Å². The number of carbonyl (C=O) groups excluding carboxylic acids is 3. The summed E-state index contributed by atoms with van der Waals surface area (Å²) < 4.78 is 24.2. The third-order valence-electron chi connectivity index (χ3n) is 5.05. The maximum Gasteiger partial charge on any atom is 0.255 e. The smallest absolute Gasteiger partial charge is 0.255 e. The number of halogens is 1. The average molecular weight is 479 g/mol. The quantitative estimate of drug-likeness (QED) is 0.356. The van der Waals surface area contributed by atoms with Gasteiger partial charge in [-0.05, 0) is 67.1 Å². The molecule has 0 heterocycles. The summed E-state index contributed by atoms with van der Waals surface area (Å²) in [5.41, 5.74) is 1.37. The summed E-state index contributed by atoms with van der Waals surface area (Å²) in [6.45, 7) is 2.62. The molecule has 0 fully saturated rings. The highest BCUT2D eigenvalue weighted by atomic mass is 19.1. The molecule has 0 spiro atoms. The molecule has 0 radical (unpaired) electrons. The molecule has 0 aliphatic heterocycles. The monoisotopic (exact) mass is 478 g/mol. The van der Waals surface area contributed by atoms with Crippen molar-refractivity contribution in [3.63, 3.8) is 0 Å². The van der Waals surface area contributed by atoms with E-state index >= 15 is 0 Å². The zero-order valence-electron chi connectivity index (χ0n) is 19.6. The summed E-state index contributed by atoms with van der Waals surface area (Å²) in [4.78, 5) is 37.3. The van der Waals surface area contributed by atoms with Crippen LogP contribution in [0.4, 0.5) is 15.8 Å². The molecule has 0 atom stereocenters. The first-order chi connectivity index (χ1) is 16.9. The van der Waals surface area contributed by atoms with Gasteiger partial charge in [-0.3, -0.25) is 14.4 Å². The fourth-order valence-electron chi connectivity index (χ4n) is 3.26. The van der Waals surface area contributed by atoms with Crippen molar-refractivity contribution in [3.8, 4) is 11.5 Å². The Hall–Kier alpha value is -4.20. The molecule has 35 heavy (non-hydrogen) atoms. The van der Waals surface area contributed by atoms with Crippen LogP contribution in [0.2, 0.25) is 0 Å². The number of nitrogens with one attached hydrogen (secondary N) is 2. The molecule has 2 N–H and O–H groups in total. The first-order valence-electron chi connectivity index (χ1n) is 11.2. The van der Waals surface area contributed by atoms with Gasteiger partial charge in [0.05, 0.1) is 19.4 Å². The van der Waals surface area contributed by atoms with Crippen LogP contribution in [0, 0.1) is 5.82 Å². The second kappa shape index (κ2) is 12.3. The van der Waals surface area contributed by atoms with Crippen molar-refractivity contribution < 1.29 is 28.2 Å². The van der Waals surface area contributed by atoms with Crippen LogP contribution in [-0.2, 0) is 4.79 Å². The van der Waals surface area contributed by atoms with Gasteiger partial charge in [-0.25, -0.2) is 4.39 Å². The largest absolute Gasteiger partial charge is 0.495 e. The normalized spacial score (nSPS) is 10.4. The zero-order valence-corrected chi connectivity index (χ0v) is 19.6. The molecule has 0 aromatic heterocycles. The molecular weight excluding hydrogens is 451 g/mol. The molecule has 3 rings (SSSR count). The number of ketones is 1. The van der Waals surface area contributed by atoms with E-state index in [1.165, 1.54) is 31.4 Å². The molecule has 0 saturated heterocycles. The van der Waals surface area contributed by atoms with Crippen molar-refractivity contribution in [3.05, 3.63) is 83.7 Å². The Morgan fingerprint density at radius 2 is 1.66 bits per heavy atom. The van der Waals surface area contributed by atoms with Gasteiger partial charge in [0.15, 0.2) is 5.78 Å². The Balaban J connectivity index is 1.58. The van der Waals surface area contributed by atoms with Crippen molar-refractivity contribution in [2.45, 2.75) is 26.2 Å². The molecule has 8 heteroatoms. The van der Waals surface area contributed by atoms with Crippen LogP contribution in [0.15, 0.2) is 66.7 Å². The number of hydrogen-bond donors (Lipinski definition) is 2. The predicted octanol–water partition coefficient (Wildman–Crippen LogP) is 5.48. The van der Waals surface area contributed by atoms with Crippen LogP contribution in [0.25, 0.3) is 0 Å². The Morgan fingerprint density at radius 3 is 2.34 bits per heavy atom. The zero-order chi connectivity index (χ0) is 25.2. The minimum Gasteiger partial charge on any atom is -0.495 e. The van der Waals surface area contributed by atoms with E-state index in [1.54, 1.807) is 36.4 Å². The van der Waals surface area contributed by atoms with Crippen molar-refractivity contribution in [1.82, 2.24) is 0 Å². The summed E-state index contributed by atoms with van der Waals surface area (Å²) in [5.74, 6) is -0.493. The highest BCUT2D eigenvalue weighted by Gasteiger charge is 2.14. The van der Waals surface area contributed by atoms with E-state index in [0.717, 1.165) is 12.5 Å². The molecule has 0 aliphatic carbocycles. The first-order valence-corrected chi connectivity index (χ1v) is 11.2. The van der Waals surface area contributed by atoms with E-state index in [0.29, 0.717) is 35.0 Å². The molecular formula is C27H27FN2O5. The van der Waals surface area contributed by atoms with E-state index in [2.05, 4.69) is 10.6 Å². The summed E-state index contributed by atoms with van der Waals surface area (Å²) in [7, 11) is 1.44. The van der Waals surface area contributed by atoms with Crippen molar-refractivity contribution in [1.29, 1.82) is 0 Å². The summed E-state index contributed by atoms with van der Waals surface area (Å²) >= 11 is 0. The number of benzene rings is 3. The van der Waals surface area contributed by atoms with E-state index in [4.69, 9.17) is 9.47 Å². The number of ether oxygens (including phenoxy) is 2. The summed E-state index contributed by atoms with van der Waals surface area (Å²) in [6.07, 6.45) is 0.926. The third-order valence-corrected chi connectivity index (χ3v) is 5.05. The fourth-order valence-corrected chi connectivity index (χ4v) is 3.26. The van der Waals surface area contributed by atoms with Crippen LogP contribution in [0.5, 0.6) is 11.5 Å². The van der Waals surface area contributed by atoms with Gasteiger partial charge in [0.25, 0.3) is 5.91 Å². The Kier molecular flexibility index (Phi) is 8.95. The minimum absolute atomic E-state index is 0.00999. The molecule has 7 nitrogen and oxygen atoms in total. The lowest BCUT2D eigenvalue weighted by Gasteiger charge is -2.13. The predicted molar refractivity (Wildman–Crippen MR) is 132 cm³/mol. The molecule has 0 saturated carbocycles. The van der Waals surface area contributed by atoms with Gasteiger partial charge in [0.1, 0.15) is 17.3 Å². The minimum atomic E-state index is -0.527. The highest BCUT2D eigenvalue weighted by Crippen LogP contribution is 2.28. The molecule has 3 aromatic rings. The molecule has 0 unspecified atom stereocenters. The summed E-state index contributed by atoms with van der Waals surface area (Å²) in [5, 5.41) is 5.38. The molecule has 2 amide bonds. The second-order valence-corrected chi connectivity index (χ2v) is 7.72. The lowest BCUT2D eigenvalue weighted by Crippen LogP contribution is -2.15. The average Bonchev–Trinajstić information content (AvgIpc) is 2.86. The summed E-state index contributed by atoms with van der Waals surface area (Å²) in [6, 6.07) is 16.9. The van der Waals surface area contributed by atoms with Crippen molar-refractivity contribution in [2.24, 2.45) is 0 Å². The number of rotatable bonds is 11. The van der Waals surface area contributed by atoms with Crippen LogP contribution >= 0.6 is 0 Å². The Morgan fingerprint density at radius 1 is 0.886 bits per heavy atom. The van der Waals surface area contributed by atoms with E-state index in [9.17, 15) is 18.8 Å². The standard InChI is InChI=1S/C27H27FN2O5/c1-3-15-35-22-10-7-18(8-11-22)24(31)12-14-26(32)29-21-9-13-25(34-2)23(17-21)30-27(33)19-5-4-6-20(28)16-19/h4-11,13,16-17H,3,12,14-15H2,1-2H3,(H,29,32)(H,30,33). The van der Waals surface area contributed by atoms with Gasteiger partial charge in [-0.1, -0.05) is 13.0 Å². The molecule has 3 aromatic carbocycles. The Bertz CT molecular complexity index is 1190. The van der Waals surface area contributed by atoms with Gasteiger partial charge >= 0.3 is 0 Å². The molecule has 0 aliphatic rings. The van der Waals surface area contributed by atoms with Gasteiger partial charge in [-0.15, -0.1) is 0 Å². The maximum atomic E-state index is 13.4. The van der Waals surface area contributed by atoms with Gasteiger partial charge in [0.2, 0.25) is 5.91 Å². The van der Waals surface area contributed by atoms with Crippen LogP contribution < -0.4 is 20.1 Å². The first kappa shape index (κ1) is 25.4. The lowest BCUT2D eigenvalue weighted by atomic mass is 10.1. The molecule has 182 valence electrons. The maximum absolute atomic E-state index is 13.4.